The maximum atomic E-state index is 6.02. The van der Waals surface area contributed by atoms with E-state index in [-0.39, 0.29) is 74.3 Å². The van der Waals surface area contributed by atoms with Crippen LogP contribution in [0, 0.1) is 18.4 Å². The molecule has 2 aliphatic heterocycles. The third-order valence-electron chi connectivity index (χ3n) is 4.21. The third-order valence-corrected chi connectivity index (χ3v) is 5.28. The number of hydrogen-bond acceptors (Lipinski definition) is 5. The Kier molecular flexibility index (Phi) is 9.91. The van der Waals surface area contributed by atoms with Crippen LogP contribution in [0.2, 0.25) is 0 Å². The molecule has 0 aliphatic carbocycles. The van der Waals surface area contributed by atoms with E-state index in [1.807, 2.05) is 18.7 Å². The summed E-state index contributed by atoms with van der Waals surface area (Å²) in [6.07, 6.45) is 3.20. The van der Waals surface area contributed by atoms with Crippen LogP contribution in [-0.2, 0) is 9.47 Å². The van der Waals surface area contributed by atoms with Crippen LogP contribution >= 0.6 is 11.8 Å². The molecule has 1 aromatic rings. The van der Waals surface area contributed by atoms with Crippen molar-refractivity contribution in [2.45, 2.75) is 36.5 Å². The fraction of sp³-hybridized carbons (Fsp3) is 0.611. The Morgan fingerprint density at radius 2 is 1.96 bits per heavy atom. The summed E-state index contributed by atoms with van der Waals surface area (Å²) in [5.74, 6) is 2.79. The first-order valence-electron chi connectivity index (χ1n) is 8.28. The number of hydrogen-bond donors (Lipinski definition) is 0. The average Bonchev–Trinajstić information content (AvgIpc) is 2.98. The first-order valence-corrected chi connectivity index (χ1v) is 9.16. The van der Waals surface area contributed by atoms with Crippen molar-refractivity contribution in [3.8, 4) is 11.5 Å². The molecular formula is C18H25CsO4S. The van der Waals surface area contributed by atoms with Crippen LogP contribution in [0.15, 0.2) is 23.1 Å². The maximum Gasteiger partial charge on any atom is 1.00 e. The van der Waals surface area contributed by atoms with Crippen LogP contribution in [0.25, 0.3) is 0 Å². The normalized spacial score (nSPS) is 24.4. The molecule has 0 bridgehead atoms. The van der Waals surface area contributed by atoms with Gasteiger partial charge in [0.25, 0.3) is 0 Å². The number of methoxy groups -OCH3 is 1. The van der Waals surface area contributed by atoms with E-state index in [9.17, 15) is 0 Å². The van der Waals surface area contributed by atoms with Gasteiger partial charge in [-0.05, 0) is 37.3 Å². The fourth-order valence-electron chi connectivity index (χ4n) is 2.81. The molecule has 128 valence electrons. The second-order valence-electron chi connectivity index (χ2n) is 6.24. The summed E-state index contributed by atoms with van der Waals surface area (Å²) in [4.78, 5) is 1.12. The second kappa shape index (κ2) is 11.1. The summed E-state index contributed by atoms with van der Waals surface area (Å²) in [6.45, 7) is 6.54. The molecule has 0 aromatic heterocycles. The molecule has 2 atom stereocenters. The summed E-state index contributed by atoms with van der Waals surface area (Å²) >= 11 is 1.73. The van der Waals surface area contributed by atoms with Crippen LogP contribution in [0.4, 0.5) is 0 Å². The minimum absolute atomic E-state index is 0. The summed E-state index contributed by atoms with van der Waals surface area (Å²) in [5, 5.41) is 0. The zero-order valence-electron chi connectivity index (χ0n) is 14.8. The molecule has 3 rings (SSSR count). The number of benzene rings is 1. The van der Waals surface area contributed by atoms with Crippen molar-refractivity contribution in [1.82, 2.24) is 0 Å². The van der Waals surface area contributed by atoms with E-state index < -0.39 is 0 Å². The topological polar surface area (TPSA) is 36.9 Å². The van der Waals surface area contributed by atoms with Crippen molar-refractivity contribution < 1.29 is 87.8 Å². The molecule has 4 nitrogen and oxygen atoms in total. The van der Waals surface area contributed by atoms with Gasteiger partial charge in [-0.25, -0.2) is 6.61 Å². The monoisotopic (exact) mass is 470 g/mol. The van der Waals surface area contributed by atoms with Gasteiger partial charge in [0, 0.05) is 24.2 Å². The predicted octanol–water partition coefficient (Wildman–Crippen LogP) is 1.14. The SMILES string of the molecule is COc1cc(OCC2CCOCC2)cc(SC2C[C@@H](C)[CH-]O2)c1.[Cs+]. The standard InChI is InChI=1S/C18H25O4S.Cs/c1-13-7-18(22-11-13)23-17-9-15(19-2)8-16(10-17)21-12-14-3-5-20-6-4-14;/h8-11,13-14,18H,3-7,12H2,1-2H3;/q-1;+1/t13-,18?;/m1./s1. The number of ether oxygens (including phenoxy) is 4. The van der Waals surface area contributed by atoms with E-state index in [0.29, 0.717) is 11.8 Å². The summed E-state index contributed by atoms with van der Waals surface area (Å²) in [7, 11) is 1.69. The van der Waals surface area contributed by atoms with Gasteiger partial charge in [-0.2, -0.15) is 0 Å². The zero-order valence-corrected chi connectivity index (χ0v) is 21.9. The predicted molar refractivity (Wildman–Crippen MR) is 90.8 cm³/mol. The van der Waals surface area contributed by atoms with Crippen molar-refractivity contribution in [1.29, 1.82) is 0 Å². The molecule has 1 aromatic carbocycles. The first kappa shape index (κ1) is 21.4. The van der Waals surface area contributed by atoms with Crippen LogP contribution in [-0.4, -0.2) is 32.4 Å². The van der Waals surface area contributed by atoms with E-state index in [4.69, 9.17) is 18.9 Å². The Labute approximate surface area is 208 Å². The van der Waals surface area contributed by atoms with Crippen LogP contribution in [0.5, 0.6) is 11.5 Å². The van der Waals surface area contributed by atoms with E-state index in [1.54, 1.807) is 18.9 Å². The van der Waals surface area contributed by atoms with Gasteiger partial charge in [0.15, 0.2) is 0 Å². The van der Waals surface area contributed by atoms with Crippen molar-refractivity contribution >= 4 is 11.8 Å². The third kappa shape index (κ3) is 6.70. The Hall–Kier alpha value is 1.14. The number of thioether (sulfide) groups is 1. The average molecular weight is 470 g/mol. The Morgan fingerprint density at radius 1 is 1.21 bits per heavy atom. The molecule has 2 aliphatic rings. The van der Waals surface area contributed by atoms with Gasteiger partial charge in [-0.1, -0.05) is 18.7 Å². The van der Waals surface area contributed by atoms with E-state index in [2.05, 4.69) is 13.0 Å². The van der Waals surface area contributed by atoms with E-state index in [0.717, 1.165) is 55.5 Å². The van der Waals surface area contributed by atoms with Gasteiger partial charge in [-0.3, -0.25) is 0 Å². The summed E-state index contributed by atoms with van der Waals surface area (Å²) < 4.78 is 22.5. The molecule has 1 unspecified atom stereocenters. The van der Waals surface area contributed by atoms with Crippen molar-refractivity contribution in [2.24, 2.45) is 11.8 Å². The minimum Gasteiger partial charge on any atom is -0.542 e. The maximum absolute atomic E-state index is 6.02. The zero-order chi connectivity index (χ0) is 16.1. The van der Waals surface area contributed by atoms with Gasteiger partial charge in [0.1, 0.15) is 11.5 Å². The molecule has 24 heavy (non-hydrogen) atoms. The van der Waals surface area contributed by atoms with Gasteiger partial charge in [0.05, 0.1) is 19.2 Å². The van der Waals surface area contributed by atoms with Crippen LogP contribution < -0.4 is 78.4 Å². The fourth-order valence-corrected chi connectivity index (χ4v) is 4.00. The molecule has 2 fully saturated rings. The summed E-state index contributed by atoms with van der Waals surface area (Å²) in [6, 6.07) is 6.07. The Balaban J connectivity index is 0.00000208. The van der Waals surface area contributed by atoms with Gasteiger partial charge >= 0.3 is 68.9 Å². The van der Waals surface area contributed by atoms with Gasteiger partial charge in [-0.15, -0.1) is 5.92 Å². The van der Waals surface area contributed by atoms with E-state index in [1.165, 1.54) is 0 Å². The second-order valence-corrected chi connectivity index (χ2v) is 7.48. The molecule has 0 spiro atoms. The van der Waals surface area contributed by atoms with Crippen molar-refractivity contribution in [3.63, 3.8) is 0 Å². The molecule has 2 saturated heterocycles. The van der Waals surface area contributed by atoms with Crippen LogP contribution in [0.1, 0.15) is 26.2 Å². The molecule has 0 saturated carbocycles. The number of rotatable bonds is 6. The van der Waals surface area contributed by atoms with Gasteiger partial charge < -0.3 is 18.9 Å². The summed E-state index contributed by atoms with van der Waals surface area (Å²) in [5.41, 5.74) is 0.181. The molecular weight excluding hydrogens is 445 g/mol. The molecule has 6 heteroatoms. The smallest absolute Gasteiger partial charge is 0.542 e. The Bertz CT molecular complexity index is 508. The van der Waals surface area contributed by atoms with Gasteiger partial charge in [0.2, 0.25) is 0 Å². The molecule has 0 N–H and O–H groups in total. The Morgan fingerprint density at radius 3 is 2.62 bits per heavy atom. The molecule has 0 amide bonds. The van der Waals surface area contributed by atoms with Crippen molar-refractivity contribution in [3.05, 3.63) is 24.8 Å². The minimum atomic E-state index is 0. The largest absolute Gasteiger partial charge is 1.00 e. The molecule has 0 radical (unpaired) electrons. The van der Waals surface area contributed by atoms with Crippen LogP contribution in [0.3, 0.4) is 0 Å². The van der Waals surface area contributed by atoms with E-state index >= 15 is 0 Å². The molecule has 2 heterocycles. The van der Waals surface area contributed by atoms with Crippen molar-refractivity contribution in [2.75, 3.05) is 26.9 Å². The quantitative estimate of drug-likeness (QED) is 0.584. The first-order chi connectivity index (χ1) is 11.2.